The van der Waals surface area contributed by atoms with E-state index in [2.05, 4.69) is 20.9 Å². The predicted molar refractivity (Wildman–Crippen MR) is 116 cm³/mol. The summed E-state index contributed by atoms with van der Waals surface area (Å²) in [5.74, 6) is 0.447. The molecule has 0 atom stereocenters. The maximum absolute atomic E-state index is 12.0. The van der Waals surface area contributed by atoms with E-state index in [0.29, 0.717) is 21.4 Å². The highest BCUT2D eigenvalue weighted by Gasteiger charge is 2.13. The topological polar surface area (TPSA) is 80.5 Å². The molecule has 0 aliphatic carbocycles. The third-order valence-electron chi connectivity index (χ3n) is 4.03. The monoisotopic (exact) mass is 431 g/mol. The van der Waals surface area contributed by atoms with Crippen LogP contribution in [-0.2, 0) is 4.79 Å². The van der Waals surface area contributed by atoms with Gasteiger partial charge in [0.2, 0.25) is 0 Å². The summed E-state index contributed by atoms with van der Waals surface area (Å²) < 4.78 is 6.66. The zero-order valence-corrected chi connectivity index (χ0v) is 17.3. The molecule has 1 amide bonds. The number of nitrogens with one attached hydrogen (secondary N) is 2. The Bertz CT molecular complexity index is 1030. The molecule has 0 bridgehead atoms. The van der Waals surface area contributed by atoms with Crippen LogP contribution in [0.4, 0.5) is 5.69 Å². The van der Waals surface area contributed by atoms with Crippen molar-refractivity contribution in [2.75, 3.05) is 19.0 Å². The lowest BCUT2D eigenvalue weighted by atomic mass is 10.3. The van der Waals surface area contributed by atoms with Crippen molar-refractivity contribution < 1.29 is 9.53 Å². The van der Waals surface area contributed by atoms with Gasteiger partial charge in [0.25, 0.3) is 5.91 Å². The number of ether oxygens (including phenoxy) is 1. The summed E-state index contributed by atoms with van der Waals surface area (Å²) in [5.41, 5.74) is 5.27. The Morgan fingerprint density at radius 2 is 2.00 bits per heavy atom. The average molecular weight is 432 g/mol. The number of hydrogen-bond acceptors (Lipinski definition) is 5. The van der Waals surface area contributed by atoms with Crippen molar-refractivity contribution >= 4 is 41.0 Å². The maximum atomic E-state index is 12.0. The van der Waals surface area contributed by atoms with E-state index in [9.17, 15) is 4.79 Å². The number of aromatic nitrogens is 2. The molecule has 2 aromatic carbocycles. The number of benzene rings is 2. The number of nitrogens with zero attached hydrogens (tertiary/aromatic N) is 3. The van der Waals surface area contributed by atoms with Crippen LogP contribution >= 0.6 is 23.2 Å². The molecule has 1 aromatic heterocycles. The summed E-state index contributed by atoms with van der Waals surface area (Å²) in [6, 6.07) is 14.4. The highest BCUT2D eigenvalue weighted by molar-refractivity contribution is 6.32. The quantitative estimate of drug-likeness (QED) is 0.436. The molecule has 0 fully saturated rings. The fourth-order valence-corrected chi connectivity index (χ4v) is 3.04. The Morgan fingerprint density at radius 3 is 2.69 bits per heavy atom. The molecule has 0 unspecified atom stereocenters. The minimum absolute atomic E-state index is 0.0676. The van der Waals surface area contributed by atoms with Crippen LogP contribution in [-0.4, -0.2) is 35.6 Å². The average Bonchev–Trinajstić information content (AvgIpc) is 3.01. The van der Waals surface area contributed by atoms with Crippen molar-refractivity contribution in [1.82, 2.24) is 15.2 Å². The first-order chi connectivity index (χ1) is 14.0. The first-order valence-corrected chi connectivity index (χ1v) is 9.44. The van der Waals surface area contributed by atoms with Crippen LogP contribution in [0.3, 0.4) is 0 Å². The lowest BCUT2D eigenvalue weighted by Crippen LogP contribution is -2.25. The molecule has 150 valence electrons. The number of carbonyl (C=O) groups excluding carboxylic acids is 1. The lowest BCUT2D eigenvalue weighted by Gasteiger charge is -2.06. The van der Waals surface area contributed by atoms with Gasteiger partial charge in [-0.25, -0.2) is 10.1 Å². The van der Waals surface area contributed by atoms with E-state index in [0.717, 1.165) is 17.1 Å². The van der Waals surface area contributed by atoms with Crippen molar-refractivity contribution in [1.29, 1.82) is 0 Å². The molecular weight excluding hydrogens is 413 g/mol. The number of methoxy groups -OCH3 is 1. The third-order valence-corrected chi connectivity index (χ3v) is 4.63. The van der Waals surface area contributed by atoms with Gasteiger partial charge in [-0.05, 0) is 49.4 Å². The molecule has 2 N–H and O–H groups in total. The summed E-state index contributed by atoms with van der Waals surface area (Å²) in [4.78, 5) is 12.0. The fourth-order valence-electron chi connectivity index (χ4n) is 2.54. The molecule has 3 rings (SSSR count). The van der Waals surface area contributed by atoms with E-state index in [1.807, 2.05) is 24.3 Å². The Kier molecular flexibility index (Phi) is 6.74. The number of amides is 1. The van der Waals surface area contributed by atoms with Gasteiger partial charge >= 0.3 is 0 Å². The Labute approximate surface area is 178 Å². The van der Waals surface area contributed by atoms with Gasteiger partial charge < -0.3 is 10.1 Å². The van der Waals surface area contributed by atoms with Crippen molar-refractivity contribution in [3.05, 3.63) is 70.0 Å². The molecule has 7 nitrogen and oxygen atoms in total. The molecule has 0 radical (unpaired) electrons. The number of hydrazone groups is 1. The smallest absolute Gasteiger partial charge is 0.259 e. The molecule has 0 saturated heterocycles. The normalized spacial score (nSPS) is 10.9. The maximum Gasteiger partial charge on any atom is 0.259 e. The van der Waals surface area contributed by atoms with Gasteiger partial charge in [-0.2, -0.15) is 10.2 Å². The van der Waals surface area contributed by atoms with Gasteiger partial charge in [-0.1, -0.05) is 29.3 Å². The number of aryl methyl sites for hydroxylation is 1. The third kappa shape index (κ3) is 5.28. The van der Waals surface area contributed by atoms with Crippen LogP contribution in [0.25, 0.3) is 5.69 Å². The highest BCUT2D eigenvalue weighted by Crippen LogP contribution is 2.23. The van der Waals surface area contributed by atoms with Crippen molar-refractivity contribution in [3.8, 4) is 11.4 Å². The zero-order valence-electron chi connectivity index (χ0n) is 15.8. The van der Waals surface area contributed by atoms with Gasteiger partial charge in [-0.15, -0.1) is 0 Å². The second-order valence-corrected chi connectivity index (χ2v) is 6.85. The lowest BCUT2D eigenvalue weighted by molar-refractivity contribution is -0.119. The predicted octanol–water partition coefficient (Wildman–Crippen LogP) is 4.06. The molecule has 0 aliphatic heterocycles. The SMILES string of the molecule is COc1ccc(NCC(=O)N/N=C/c2c(C)nn(-c3cccc(Cl)c3)c2Cl)cc1. The highest BCUT2D eigenvalue weighted by atomic mass is 35.5. The second kappa shape index (κ2) is 9.45. The van der Waals surface area contributed by atoms with E-state index in [1.165, 1.54) is 6.21 Å². The first-order valence-electron chi connectivity index (χ1n) is 8.69. The molecule has 0 saturated carbocycles. The first kappa shape index (κ1) is 20.7. The molecule has 1 heterocycles. The Morgan fingerprint density at radius 1 is 1.24 bits per heavy atom. The summed E-state index contributed by atoms with van der Waals surface area (Å²) in [7, 11) is 1.60. The molecular formula is C20H19Cl2N5O2. The van der Waals surface area contributed by atoms with Crippen molar-refractivity contribution in [2.24, 2.45) is 5.10 Å². The van der Waals surface area contributed by atoms with Gasteiger partial charge in [0.15, 0.2) is 0 Å². The van der Waals surface area contributed by atoms with Crippen molar-refractivity contribution in [3.63, 3.8) is 0 Å². The zero-order chi connectivity index (χ0) is 20.8. The van der Waals surface area contributed by atoms with Gasteiger partial charge in [0.1, 0.15) is 10.9 Å². The van der Waals surface area contributed by atoms with E-state index in [4.69, 9.17) is 27.9 Å². The van der Waals surface area contributed by atoms with Gasteiger partial charge in [0, 0.05) is 10.7 Å². The van der Waals surface area contributed by atoms with Crippen LogP contribution in [0, 0.1) is 6.92 Å². The fraction of sp³-hybridized carbons (Fsp3) is 0.150. The van der Waals surface area contributed by atoms with E-state index in [-0.39, 0.29) is 12.5 Å². The van der Waals surface area contributed by atoms with Crippen LogP contribution in [0.15, 0.2) is 53.6 Å². The minimum Gasteiger partial charge on any atom is -0.497 e. The standard InChI is InChI=1S/C20H19Cl2N5O2/c1-13-18(20(22)27(26-13)16-5-3-4-14(21)10-16)11-24-25-19(28)12-23-15-6-8-17(29-2)9-7-15/h3-11,23H,12H2,1-2H3,(H,25,28)/b24-11+. The number of hydrogen-bond donors (Lipinski definition) is 2. The number of anilines is 1. The Hall–Kier alpha value is -3.03. The summed E-state index contributed by atoms with van der Waals surface area (Å²) in [6.45, 7) is 1.87. The van der Waals surface area contributed by atoms with Crippen LogP contribution in [0.2, 0.25) is 10.2 Å². The van der Waals surface area contributed by atoms with E-state index in [1.54, 1.807) is 43.0 Å². The molecule has 29 heavy (non-hydrogen) atoms. The summed E-state index contributed by atoms with van der Waals surface area (Å²) in [6.07, 6.45) is 1.47. The van der Waals surface area contributed by atoms with Crippen LogP contribution in [0.1, 0.15) is 11.3 Å². The van der Waals surface area contributed by atoms with Crippen LogP contribution < -0.4 is 15.5 Å². The van der Waals surface area contributed by atoms with E-state index >= 15 is 0 Å². The van der Waals surface area contributed by atoms with E-state index < -0.39 is 0 Å². The molecule has 0 spiro atoms. The molecule has 3 aromatic rings. The number of carbonyl (C=O) groups is 1. The molecule has 9 heteroatoms. The Balaban J connectivity index is 1.60. The van der Waals surface area contributed by atoms with Gasteiger partial charge in [-0.3, -0.25) is 4.79 Å². The summed E-state index contributed by atoms with van der Waals surface area (Å²) >= 11 is 12.5. The van der Waals surface area contributed by atoms with Crippen LogP contribution in [0.5, 0.6) is 5.75 Å². The largest absolute Gasteiger partial charge is 0.497 e. The minimum atomic E-state index is -0.298. The molecule has 0 aliphatic rings. The second-order valence-electron chi connectivity index (χ2n) is 6.06. The number of rotatable bonds is 7. The summed E-state index contributed by atoms with van der Waals surface area (Å²) in [5, 5.41) is 12.3. The number of halogens is 2. The van der Waals surface area contributed by atoms with Crippen molar-refractivity contribution in [2.45, 2.75) is 6.92 Å². The van der Waals surface area contributed by atoms with Gasteiger partial charge in [0.05, 0.1) is 36.8 Å².